The number of hydrogen-bond acceptors (Lipinski definition) is 2. The Hall–Kier alpha value is 1.06. The summed E-state index contributed by atoms with van der Waals surface area (Å²) in [5.41, 5.74) is 2.45. The van der Waals surface area contributed by atoms with E-state index in [1.54, 1.807) is 21.6 Å². The lowest BCUT2D eigenvalue weighted by Gasteiger charge is -2.06. The Labute approximate surface area is 160 Å². The van der Waals surface area contributed by atoms with Gasteiger partial charge in [0.05, 0.1) is 7.47 Å². The topological polar surface area (TPSA) is 0 Å². The summed E-state index contributed by atoms with van der Waals surface area (Å²) in [5, 5.41) is 0. The zero-order valence-electron chi connectivity index (χ0n) is 10.1. The van der Waals surface area contributed by atoms with Gasteiger partial charge in [-0.2, -0.15) is 0 Å². The number of halogens is 4. The normalized spacial score (nSPS) is 11.3. The van der Waals surface area contributed by atoms with Gasteiger partial charge < -0.3 is 0 Å². The van der Waals surface area contributed by atoms with Crippen LogP contribution in [0.3, 0.4) is 0 Å². The lowest BCUT2D eigenvalue weighted by atomic mass is 10.2. The van der Waals surface area contributed by atoms with E-state index in [2.05, 4.69) is 112 Å². The van der Waals surface area contributed by atoms with E-state index in [-0.39, 0.29) is 7.47 Å². The van der Waals surface area contributed by atoms with Crippen LogP contribution in [0.15, 0.2) is 58.3 Å². The smallest absolute Gasteiger partial charge is 0.0712 e. The molecule has 0 atom stereocenters. The van der Waals surface area contributed by atoms with Crippen LogP contribution in [0.25, 0.3) is 0 Å². The van der Waals surface area contributed by atoms with Gasteiger partial charge in [-0.3, -0.25) is 0 Å². The summed E-state index contributed by atoms with van der Waals surface area (Å²) in [5.74, 6) is 0. The second-order valence-corrected chi connectivity index (χ2v) is 12.3. The monoisotopic (exact) mass is 558 g/mol. The van der Waals surface area contributed by atoms with E-state index in [1.807, 2.05) is 0 Å². The van der Waals surface area contributed by atoms with Crippen LogP contribution in [-0.2, 0) is 0 Å². The third-order valence-electron chi connectivity index (χ3n) is 2.50. The molecule has 0 aliphatic rings. The standard InChI is InChI=1S/C14H10Br4S2/c15-13(16)9-1-5-11(6-2-9)19-20-12-7-3-10(4-8-12)14(17)18/h1-8,13-14H. The molecule has 2 rings (SSSR count). The molecular formula is C14H10Br4S2. The quantitative estimate of drug-likeness (QED) is 0.267. The Balaban J connectivity index is 1.94. The van der Waals surface area contributed by atoms with Gasteiger partial charge in [-0.1, -0.05) is 110 Å². The van der Waals surface area contributed by atoms with Gasteiger partial charge >= 0.3 is 0 Å². The molecule has 0 saturated heterocycles. The van der Waals surface area contributed by atoms with Crippen molar-refractivity contribution in [3.8, 4) is 0 Å². The molecule has 0 saturated carbocycles. The molecule has 2 aromatic carbocycles. The highest BCUT2D eigenvalue weighted by Crippen LogP contribution is 2.39. The van der Waals surface area contributed by atoms with Crippen LogP contribution in [0.4, 0.5) is 0 Å². The van der Waals surface area contributed by atoms with Crippen molar-refractivity contribution in [1.29, 1.82) is 0 Å². The molecule has 106 valence electrons. The molecule has 0 unspecified atom stereocenters. The number of alkyl halides is 4. The largest absolute Gasteiger partial charge is 0.0946 e. The van der Waals surface area contributed by atoms with Gasteiger partial charge in [0, 0.05) is 9.79 Å². The van der Waals surface area contributed by atoms with Crippen LogP contribution >= 0.6 is 85.3 Å². The average molecular weight is 562 g/mol. The SMILES string of the molecule is BrC(Br)c1ccc(SSc2ccc(C(Br)Br)cc2)cc1. The first-order valence-electron chi connectivity index (χ1n) is 5.67. The molecule has 0 fully saturated rings. The number of rotatable bonds is 5. The van der Waals surface area contributed by atoms with E-state index in [4.69, 9.17) is 0 Å². The summed E-state index contributed by atoms with van der Waals surface area (Å²) in [6.45, 7) is 0. The minimum atomic E-state index is 0.218. The van der Waals surface area contributed by atoms with Crippen molar-refractivity contribution in [1.82, 2.24) is 0 Å². The van der Waals surface area contributed by atoms with Gasteiger partial charge in [0.1, 0.15) is 0 Å². The van der Waals surface area contributed by atoms with E-state index in [9.17, 15) is 0 Å². The molecule has 0 radical (unpaired) electrons. The number of benzene rings is 2. The van der Waals surface area contributed by atoms with Gasteiger partial charge in [-0.15, -0.1) is 0 Å². The van der Waals surface area contributed by atoms with E-state index in [0.29, 0.717) is 0 Å². The Kier molecular flexibility index (Phi) is 7.51. The first-order valence-corrected chi connectivity index (χ1v) is 11.5. The molecule has 0 N–H and O–H groups in total. The molecule has 0 aliphatic carbocycles. The summed E-state index contributed by atoms with van der Waals surface area (Å²) in [6.07, 6.45) is 0. The molecule has 0 heterocycles. The van der Waals surface area contributed by atoms with Crippen molar-refractivity contribution >= 4 is 85.3 Å². The molecule has 0 amide bonds. The van der Waals surface area contributed by atoms with Crippen molar-refractivity contribution < 1.29 is 0 Å². The highest BCUT2D eigenvalue weighted by atomic mass is 79.9. The van der Waals surface area contributed by atoms with Gasteiger partial charge in [0.15, 0.2) is 0 Å². The van der Waals surface area contributed by atoms with Crippen molar-refractivity contribution in [3.63, 3.8) is 0 Å². The van der Waals surface area contributed by atoms with E-state index in [0.717, 1.165) is 0 Å². The predicted molar refractivity (Wildman–Crippen MR) is 106 cm³/mol. The van der Waals surface area contributed by atoms with Crippen molar-refractivity contribution in [2.45, 2.75) is 17.3 Å². The van der Waals surface area contributed by atoms with Gasteiger partial charge in [-0.05, 0) is 35.4 Å². The summed E-state index contributed by atoms with van der Waals surface area (Å²) in [4.78, 5) is 2.50. The lowest BCUT2D eigenvalue weighted by molar-refractivity contribution is 1.35. The van der Waals surface area contributed by atoms with Crippen LogP contribution < -0.4 is 0 Å². The number of hydrogen-bond donors (Lipinski definition) is 0. The highest BCUT2D eigenvalue weighted by Gasteiger charge is 2.04. The Morgan fingerprint density at radius 2 is 0.850 bits per heavy atom. The van der Waals surface area contributed by atoms with Gasteiger partial charge in [-0.25, -0.2) is 0 Å². The second-order valence-electron chi connectivity index (χ2n) is 3.91. The van der Waals surface area contributed by atoms with E-state index >= 15 is 0 Å². The Bertz CT molecular complexity index is 487. The van der Waals surface area contributed by atoms with Crippen LogP contribution in [0.5, 0.6) is 0 Å². The molecule has 20 heavy (non-hydrogen) atoms. The Morgan fingerprint density at radius 1 is 0.550 bits per heavy atom. The fourth-order valence-electron chi connectivity index (χ4n) is 1.43. The van der Waals surface area contributed by atoms with Crippen molar-refractivity contribution in [2.75, 3.05) is 0 Å². The Morgan fingerprint density at radius 3 is 1.10 bits per heavy atom. The zero-order chi connectivity index (χ0) is 14.5. The summed E-state index contributed by atoms with van der Waals surface area (Å²) in [7, 11) is 3.54. The molecule has 6 heteroatoms. The minimum Gasteiger partial charge on any atom is -0.0712 e. The molecule has 2 aromatic rings. The summed E-state index contributed by atoms with van der Waals surface area (Å²) < 4.78 is 0.436. The highest BCUT2D eigenvalue weighted by molar-refractivity contribution is 9.24. The maximum Gasteiger partial charge on any atom is 0.0946 e. The van der Waals surface area contributed by atoms with E-state index in [1.165, 1.54) is 20.9 Å². The lowest BCUT2D eigenvalue weighted by Crippen LogP contribution is -1.80. The fourth-order valence-corrected chi connectivity index (χ4v) is 4.59. The molecule has 0 spiro atoms. The molecular weight excluding hydrogens is 552 g/mol. The zero-order valence-corrected chi connectivity index (χ0v) is 18.1. The molecule has 0 aliphatic heterocycles. The summed E-state index contributed by atoms with van der Waals surface area (Å²) >= 11 is 14.0. The van der Waals surface area contributed by atoms with Gasteiger partial charge in [0.25, 0.3) is 0 Å². The first kappa shape index (κ1) is 17.4. The maximum atomic E-state index is 3.50. The second kappa shape index (κ2) is 8.63. The predicted octanol–water partition coefficient (Wildman–Crippen LogP) is 8.06. The average Bonchev–Trinajstić information content (AvgIpc) is 2.46. The van der Waals surface area contributed by atoms with Crippen molar-refractivity contribution in [3.05, 3.63) is 59.7 Å². The van der Waals surface area contributed by atoms with Crippen LogP contribution in [0, 0.1) is 0 Å². The third-order valence-corrected chi connectivity index (χ3v) is 7.03. The molecule has 0 nitrogen and oxygen atoms in total. The fraction of sp³-hybridized carbons (Fsp3) is 0.143. The summed E-state index contributed by atoms with van der Waals surface area (Å²) in [6, 6.07) is 17.1. The van der Waals surface area contributed by atoms with Gasteiger partial charge in [0.2, 0.25) is 0 Å². The molecule has 0 aromatic heterocycles. The third kappa shape index (κ3) is 5.36. The van der Waals surface area contributed by atoms with Crippen molar-refractivity contribution in [2.24, 2.45) is 0 Å². The minimum absolute atomic E-state index is 0.218. The van der Waals surface area contributed by atoms with Crippen LogP contribution in [0.1, 0.15) is 18.6 Å². The maximum absolute atomic E-state index is 3.50. The van der Waals surface area contributed by atoms with Crippen LogP contribution in [0.2, 0.25) is 0 Å². The first-order chi connectivity index (χ1) is 9.56. The van der Waals surface area contributed by atoms with Crippen LogP contribution in [-0.4, -0.2) is 0 Å². The van der Waals surface area contributed by atoms with E-state index < -0.39 is 0 Å². The molecule has 0 bridgehead atoms.